The highest BCUT2D eigenvalue weighted by atomic mass is 32.2. The van der Waals surface area contributed by atoms with Crippen molar-refractivity contribution in [3.05, 3.63) is 59.9 Å². The molecule has 152 valence electrons. The molecule has 7 nitrogen and oxygen atoms in total. The van der Waals surface area contributed by atoms with E-state index in [-0.39, 0.29) is 10.8 Å². The van der Waals surface area contributed by atoms with Crippen LogP contribution in [0.4, 0.5) is 0 Å². The molecule has 0 amide bonds. The van der Waals surface area contributed by atoms with Gasteiger partial charge in [0.1, 0.15) is 5.75 Å². The van der Waals surface area contributed by atoms with Gasteiger partial charge in [0.25, 0.3) is 5.89 Å². The molecule has 1 fully saturated rings. The van der Waals surface area contributed by atoms with Crippen molar-refractivity contribution < 1.29 is 17.7 Å². The lowest BCUT2D eigenvalue weighted by Gasteiger charge is -2.29. The second-order valence-electron chi connectivity index (χ2n) is 7.18. The first kappa shape index (κ1) is 19.6. The van der Waals surface area contributed by atoms with Gasteiger partial charge in [0.05, 0.1) is 12.0 Å². The summed E-state index contributed by atoms with van der Waals surface area (Å²) in [7, 11) is -1.97. The van der Waals surface area contributed by atoms with Crippen LogP contribution in [0.25, 0.3) is 11.5 Å². The Labute approximate surface area is 170 Å². The van der Waals surface area contributed by atoms with Crippen LogP contribution in [0.3, 0.4) is 0 Å². The van der Waals surface area contributed by atoms with Crippen LogP contribution in [0.1, 0.15) is 30.1 Å². The van der Waals surface area contributed by atoms with Crippen LogP contribution in [0.5, 0.6) is 5.75 Å². The van der Waals surface area contributed by atoms with Crippen molar-refractivity contribution in [2.45, 2.75) is 30.6 Å². The molecular formula is C21H23N3O4S. The molecular weight excluding hydrogens is 390 g/mol. The Morgan fingerprint density at radius 1 is 1.10 bits per heavy atom. The van der Waals surface area contributed by atoms with E-state index in [4.69, 9.17) is 9.26 Å². The zero-order valence-electron chi connectivity index (χ0n) is 16.4. The van der Waals surface area contributed by atoms with Crippen LogP contribution in [0.15, 0.2) is 57.9 Å². The maximum Gasteiger partial charge on any atom is 0.257 e. The van der Waals surface area contributed by atoms with Crippen molar-refractivity contribution in [1.82, 2.24) is 14.4 Å². The predicted molar refractivity (Wildman–Crippen MR) is 108 cm³/mol. The van der Waals surface area contributed by atoms with Crippen LogP contribution in [0.2, 0.25) is 0 Å². The van der Waals surface area contributed by atoms with Gasteiger partial charge in [0.15, 0.2) is 5.82 Å². The summed E-state index contributed by atoms with van der Waals surface area (Å²) >= 11 is 0. The van der Waals surface area contributed by atoms with E-state index in [1.807, 2.05) is 31.2 Å². The molecule has 4 rings (SSSR count). The molecule has 0 atom stereocenters. The van der Waals surface area contributed by atoms with Gasteiger partial charge in [-0.3, -0.25) is 0 Å². The molecule has 2 aromatic carbocycles. The van der Waals surface area contributed by atoms with E-state index in [1.54, 1.807) is 31.4 Å². The Hall–Kier alpha value is -2.71. The molecule has 8 heteroatoms. The molecule has 0 saturated carbocycles. The lowest BCUT2D eigenvalue weighted by atomic mass is 9.97. The highest BCUT2D eigenvalue weighted by molar-refractivity contribution is 7.89. The number of hydrogen-bond acceptors (Lipinski definition) is 6. The van der Waals surface area contributed by atoms with Gasteiger partial charge in [-0.2, -0.15) is 9.29 Å². The van der Waals surface area contributed by atoms with Gasteiger partial charge >= 0.3 is 0 Å². The molecule has 0 N–H and O–H groups in total. The fourth-order valence-corrected chi connectivity index (χ4v) is 5.02. The first-order chi connectivity index (χ1) is 14.0. The number of nitrogens with zero attached hydrogens (tertiary/aromatic N) is 3. The minimum Gasteiger partial charge on any atom is -0.497 e. The minimum absolute atomic E-state index is 0.0830. The summed E-state index contributed by atoms with van der Waals surface area (Å²) < 4.78 is 37.8. The van der Waals surface area contributed by atoms with Crippen molar-refractivity contribution >= 4 is 10.0 Å². The van der Waals surface area contributed by atoms with E-state index >= 15 is 0 Å². The molecule has 0 radical (unpaired) electrons. The molecule has 0 aliphatic carbocycles. The van der Waals surface area contributed by atoms with E-state index in [1.165, 1.54) is 4.31 Å². The van der Waals surface area contributed by atoms with Crippen molar-refractivity contribution in [3.8, 4) is 17.2 Å². The lowest BCUT2D eigenvalue weighted by Crippen LogP contribution is -2.38. The lowest BCUT2D eigenvalue weighted by molar-refractivity contribution is 0.307. The number of aryl methyl sites for hydroxylation is 1. The van der Waals surface area contributed by atoms with Crippen molar-refractivity contribution in [3.63, 3.8) is 0 Å². The summed E-state index contributed by atoms with van der Waals surface area (Å²) in [6.45, 7) is 2.86. The van der Waals surface area contributed by atoms with Crippen LogP contribution in [0, 0.1) is 6.92 Å². The Morgan fingerprint density at radius 3 is 2.48 bits per heavy atom. The van der Waals surface area contributed by atoms with E-state index in [9.17, 15) is 8.42 Å². The summed E-state index contributed by atoms with van der Waals surface area (Å²) in [5, 5.41) is 4.14. The summed E-state index contributed by atoms with van der Waals surface area (Å²) in [5.74, 6) is 1.85. The smallest absolute Gasteiger partial charge is 0.257 e. The third-order valence-corrected chi connectivity index (χ3v) is 7.14. The number of benzene rings is 2. The number of hydrogen-bond donors (Lipinski definition) is 0. The van der Waals surface area contributed by atoms with Gasteiger partial charge < -0.3 is 9.26 Å². The molecule has 0 unspecified atom stereocenters. The Morgan fingerprint density at radius 2 is 1.83 bits per heavy atom. The van der Waals surface area contributed by atoms with Gasteiger partial charge in [0.2, 0.25) is 10.0 Å². The number of sulfonamides is 1. The number of methoxy groups -OCH3 is 1. The highest BCUT2D eigenvalue weighted by Gasteiger charge is 2.31. The standard InChI is InChI=1S/C21H23N3O4S/c1-15-4-3-5-17(14-15)21-22-20(23-28-21)16-10-12-24(13-11-16)29(25,26)19-8-6-18(27-2)7-9-19/h3-9,14,16H,10-13H2,1-2H3. The van der Waals surface area contributed by atoms with Gasteiger partial charge in [-0.25, -0.2) is 8.42 Å². The molecule has 3 aromatic rings. The molecule has 0 bridgehead atoms. The van der Waals surface area contributed by atoms with Crippen LogP contribution < -0.4 is 4.74 Å². The maximum atomic E-state index is 12.9. The first-order valence-electron chi connectivity index (χ1n) is 9.52. The fraction of sp³-hybridized carbons (Fsp3) is 0.333. The van der Waals surface area contributed by atoms with Gasteiger partial charge in [-0.05, 0) is 56.2 Å². The average Bonchev–Trinajstić information content (AvgIpc) is 3.24. The quantitative estimate of drug-likeness (QED) is 0.635. The number of ether oxygens (including phenoxy) is 1. The fourth-order valence-electron chi connectivity index (χ4n) is 3.55. The maximum absolute atomic E-state index is 12.9. The van der Waals surface area contributed by atoms with Crippen LogP contribution in [-0.4, -0.2) is 43.1 Å². The summed E-state index contributed by atoms with van der Waals surface area (Å²) in [6.07, 6.45) is 1.31. The van der Waals surface area contributed by atoms with E-state index in [0.717, 1.165) is 11.1 Å². The second kappa shape index (κ2) is 7.96. The molecule has 0 spiro atoms. The Kier molecular flexibility index (Phi) is 5.38. The number of aromatic nitrogens is 2. The van der Waals surface area contributed by atoms with Crippen LogP contribution >= 0.6 is 0 Å². The molecule has 29 heavy (non-hydrogen) atoms. The molecule has 2 heterocycles. The van der Waals surface area contributed by atoms with Gasteiger partial charge in [-0.15, -0.1) is 0 Å². The van der Waals surface area contributed by atoms with Crippen molar-refractivity contribution in [1.29, 1.82) is 0 Å². The SMILES string of the molecule is COc1ccc(S(=O)(=O)N2CCC(c3noc(-c4cccc(C)c4)n3)CC2)cc1. The van der Waals surface area contributed by atoms with Crippen molar-refractivity contribution in [2.24, 2.45) is 0 Å². The van der Waals surface area contributed by atoms with E-state index in [2.05, 4.69) is 10.1 Å². The Balaban J connectivity index is 1.44. The van der Waals surface area contributed by atoms with Gasteiger partial charge in [-0.1, -0.05) is 22.9 Å². The molecule has 1 aromatic heterocycles. The predicted octanol–water partition coefficient (Wildman–Crippen LogP) is 3.62. The summed E-state index contributed by atoms with van der Waals surface area (Å²) in [4.78, 5) is 4.83. The highest BCUT2D eigenvalue weighted by Crippen LogP contribution is 2.31. The first-order valence-corrected chi connectivity index (χ1v) is 11.0. The molecule has 1 aliphatic rings. The third-order valence-electron chi connectivity index (χ3n) is 5.22. The summed E-state index contributed by atoms with van der Waals surface area (Å²) in [5.41, 5.74) is 2.02. The van der Waals surface area contributed by atoms with Crippen LogP contribution in [-0.2, 0) is 10.0 Å². The average molecular weight is 413 g/mol. The van der Waals surface area contributed by atoms with E-state index in [0.29, 0.717) is 43.4 Å². The molecule has 1 saturated heterocycles. The monoisotopic (exact) mass is 413 g/mol. The van der Waals surface area contributed by atoms with Crippen molar-refractivity contribution in [2.75, 3.05) is 20.2 Å². The largest absolute Gasteiger partial charge is 0.497 e. The zero-order chi connectivity index (χ0) is 20.4. The van der Waals surface area contributed by atoms with Gasteiger partial charge in [0, 0.05) is 24.6 Å². The normalized spacial score (nSPS) is 16.1. The third kappa shape index (κ3) is 4.04. The Bertz CT molecular complexity index is 1090. The molecule has 1 aliphatic heterocycles. The second-order valence-corrected chi connectivity index (χ2v) is 9.12. The summed E-state index contributed by atoms with van der Waals surface area (Å²) in [6, 6.07) is 14.4. The number of piperidine rings is 1. The van der Waals surface area contributed by atoms with E-state index < -0.39 is 10.0 Å². The minimum atomic E-state index is -3.52. The zero-order valence-corrected chi connectivity index (χ0v) is 17.2. The topological polar surface area (TPSA) is 85.5 Å². The number of rotatable bonds is 5.